The van der Waals surface area contributed by atoms with Crippen LogP contribution in [0.2, 0.25) is 0 Å². The molecule has 2 rings (SSSR count). The van der Waals surface area contributed by atoms with Crippen molar-refractivity contribution < 1.29 is 14.6 Å². The van der Waals surface area contributed by atoms with Crippen LogP contribution in [-0.2, 0) is 10.2 Å². The van der Waals surface area contributed by atoms with Crippen molar-refractivity contribution in [1.82, 2.24) is 0 Å². The standard InChI is InChI=1S/C19H28O3/c1-3-4-7-12-19(13-10-15(11-14-19)18(20)21)16-8-5-6-9-17(16)22-2/h5-6,8-9,15H,3-4,7,10-14H2,1-2H3,(H,20,21). The van der Waals surface area contributed by atoms with E-state index in [0.717, 1.165) is 37.9 Å². The van der Waals surface area contributed by atoms with Gasteiger partial charge in [0.25, 0.3) is 0 Å². The van der Waals surface area contributed by atoms with Gasteiger partial charge in [0.2, 0.25) is 0 Å². The van der Waals surface area contributed by atoms with Gasteiger partial charge < -0.3 is 9.84 Å². The van der Waals surface area contributed by atoms with Crippen LogP contribution in [0.1, 0.15) is 63.9 Å². The molecule has 0 aromatic heterocycles. The van der Waals surface area contributed by atoms with Gasteiger partial charge in [-0.2, -0.15) is 0 Å². The van der Waals surface area contributed by atoms with Crippen LogP contribution >= 0.6 is 0 Å². The molecule has 0 spiro atoms. The predicted molar refractivity (Wildman–Crippen MR) is 88.4 cm³/mol. The van der Waals surface area contributed by atoms with E-state index in [-0.39, 0.29) is 11.3 Å². The molecule has 0 unspecified atom stereocenters. The third kappa shape index (κ3) is 3.63. The van der Waals surface area contributed by atoms with Crippen LogP contribution in [0.5, 0.6) is 5.75 Å². The second-order valence-electron chi connectivity index (χ2n) is 6.55. The first kappa shape index (κ1) is 16.9. The van der Waals surface area contributed by atoms with Crippen LogP contribution in [0.15, 0.2) is 24.3 Å². The number of hydrogen-bond acceptors (Lipinski definition) is 2. The number of methoxy groups -OCH3 is 1. The lowest BCUT2D eigenvalue weighted by Gasteiger charge is -2.40. The maximum atomic E-state index is 11.3. The number of carbonyl (C=O) groups is 1. The number of unbranched alkanes of at least 4 members (excludes halogenated alkanes) is 2. The largest absolute Gasteiger partial charge is 0.496 e. The molecule has 22 heavy (non-hydrogen) atoms. The van der Waals surface area contributed by atoms with Crippen molar-refractivity contribution in [3.8, 4) is 5.75 Å². The molecule has 1 aliphatic rings. The first-order valence-corrected chi connectivity index (χ1v) is 8.49. The smallest absolute Gasteiger partial charge is 0.306 e. The van der Waals surface area contributed by atoms with Gasteiger partial charge in [-0.1, -0.05) is 44.4 Å². The van der Waals surface area contributed by atoms with Crippen molar-refractivity contribution in [2.75, 3.05) is 7.11 Å². The summed E-state index contributed by atoms with van der Waals surface area (Å²) in [6.45, 7) is 2.22. The molecule has 0 bridgehead atoms. The zero-order chi connectivity index (χ0) is 16.0. The minimum Gasteiger partial charge on any atom is -0.496 e. The number of carboxylic acids is 1. The molecule has 0 heterocycles. The van der Waals surface area contributed by atoms with Crippen LogP contribution in [0, 0.1) is 5.92 Å². The summed E-state index contributed by atoms with van der Waals surface area (Å²) in [6, 6.07) is 8.28. The van der Waals surface area contributed by atoms with Crippen molar-refractivity contribution in [2.24, 2.45) is 5.92 Å². The molecule has 0 amide bonds. The quantitative estimate of drug-likeness (QED) is 0.737. The van der Waals surface area contributed by atoms with Crippen molar-refractivity contribution in [3.63, 3.8) is 0 Å². The van der Waals surface area contributed by atoms with E-state index in [2.05, 4.69) is 19.1 Å². The van der Waals surface area contributed by atoms with Gasteiger partial charge >= 0.3 is 5.97 Å². The van der Waals surface area contributed by atoms with Gasteiger partial charge in [0.15, 0.2) is 0 Å². The molecule has 1 aromatic rings. The minimum atomic E-state index is -0.637. The van der Waals surface area contributed by atoms with E-state index in [1.54, 1.807) is 7.11 Å². The molecule has 122 valence electrons. The molecule has 1 aliphatic carbocycles. The fraction of sp³-hybridized carbons (Fsp3) is 0.632. The monoisotopic (exact) mass is 304 g/mol. The van der Waals surface area contributed by atoms with Crippen LogP contribution in [0.4, 0.5) is 0 Å². The van der Waals surface area contributed by atoms with Crippen molar-refractivity contribution in [1.29, 1.82) is 0 Å². The van der Waals surface area contributed by atoms with E-state index in [1.165, 1.54) is 24.8 Å². The summed E-state index contributed by atoms with van der Waals surface area (Å²) in [5, 5.41) is 9.27. The Kier molecular flexibility index (Phi) is 5.87. The number of carboxylic acid groups (broad SMARTS) is 1. The molecule has 3 nitrogen and oxygen atoms in total. The maximum absolute atomic E-state index is 11.3. The normalized spacial score (nSPS) is 24.9. The van der Waals surface area contributed by atoms with Gasteiger partial charge in [0.05, 0.1) is 13.0 Å². The molecular weight excluding hydrogens is 276 g/mol. The van der Waals surface area contributed by atoms with Gasteiger partial charge in [0, 0.05) is 5.56 Å². The van der Waals surface area contributed by atoms with Crippen LogP contribution in [0.25, 0.3) is 0 Å². The summed E-state index contributed by atoms with van der Waals surface area (Å²) in [6.07, 6.45) is 8.24. The molecule has 1 aromatic carbocycles. The lowest BCUT2D eigenvalue weighted by Crippen LogP contribution is -2.34. The van der Waals surface area contributed by atoms with E-state index in [9.17, 15) is 9.90 Å². The van der Waals surface area contributed by atoms with E-state index in [1.807, 2.05) is 12.1 Å². The fourth-order valence-corrected chi connectivity index (χ4v) is 3.87. The predicted octanol–water partition coefficient (Wildman–Crippen LogP) is 4.79. The van der Waals surface area contributed by atoms with Gasteiger partial charge in [-0.15, -0.1) is 0 Å². The third-order valence-corrected chi connectivity index (χ3v) is 5.23. The number of hydrogen-bond donors (Lipinski definition) is 1. The van der Waals surface area contributed by atoms with E-state index in [0.29, 0.717) is 0 Å². The maximum Gasteiger partial charge on any atom is 0.306 e. The van der Waals surface area contributed by atoms with Crippen LogP contribution in [-0.4, -0.2) is 18.2 Å². The molecule has 1 fully saturated rings. The summed E-state index contributed by atoms with van der Waals surface area (Å²) in [5.41, 5.74) is 1.37. The summed E-state index contributed by atoms with van der Waals surface area (Å²) in [4.78, 5) is 11.3. The molecule has 0 aliphatic heterocycles. The Labute approximate surface area is 133 Å². The SMILES string of the molecule is CCCCCC1(c2ccccc2OC)CCC(C(=O)O)CC1. The highest BCUT2D eigenvalue weighted by Gasteiger charge is 2.39. The van der Waals surface area contributed by atoms with Crippen molar-refractivity contribution in [2.45, 2.75) is 63.7 Å². The average Bonchev–Trinajstić information content (AvgIpc) is 2.55. The first-order chi connectivity index (χ1) is 10.6. The Morgan fingerprint density at radius 1 is 1.27 bits per heavy atom. The Balaban J connectivity index is 2.25. The lowest BCUT2D eigenvalue weighted by molar-refractivity contribution is -0.143. The van der Waals surface area contributed by atoms with Gasteiger partial charge in [-0.3, -0.25) is 4.79 Å². The molecule has 0 radical (unpaired) electrons. The summed E-state index contributed by atoms with van der Waals surface area (Å²) >= 11 is 0. The minimum absolute atomic E-state index is 0.0910. The van der Waals surface area contributed by atoms with Crippen LogP contribution < -0.4 is 4.74 Å². The second kappa shape index (κ2) is 7.66. The van der Waals surface area contributed by atoms with Gasteiger partial charge in [-0.05, 0) is 43.6 Å². The van der Waals surface area contributed by atoms with E-state index < -0.39 is 5.97 Å². The highest BCUT2D eigenvalue weighted by atomic mass is 16.5. The second-order valence-corrected chi connectivity index (χ2v) is 6.55. The number of ether oxygens (including phenoxy) is 1. The number of para-hydroxylation sites is 1. The third-order valence-electron chi connectivity index (χ3n) is 5.23. The first-order valence-electron chi connectivity index (χ1n) is 8.49. The van der Waals surface area contributed by atoms with E-state index >= 15 is 0 Å². The van der Waals surface area contributed by atoms with E-state index in [4.69, 9.17) is 4.74 Å². The fourth-order valence-electron chi connectivity index (χ4n) is 3.87. The van der Waals surface area contributed by atoms with Crippen molar-refractivity contribution >= 4 is 5.97 Å². The highest BCUT2D eigenvalue weighted by molar-refractivity contribution is 5.70. The van der Waals surface area contributed by atoms with Crippen molar-refractivity contribution in [3.05, 3.63) is 29.8 Å². The zero-order valence-electron chi connectivity index (χ0n) is 13.8. The molecular formula is C19H28O3. The summed E-state index contributed by atoms with van der Waals surface area (Å²) in [5.74, 6) is 0.143. The number of benzene rings is 1. The Morgan fingerprint density at radius 3 is 2.55 bits per heavy atom. The molecule has 0 atom stereocenters. The average molecular weight is 304 g/mol. The summed E-state index contributed by atoms with van der Waals surface area (Å²) < 4.78 is 5.59. The Hall–Kier alpha value is -1.51. The molecule has 1 saturated carbocycles. The zero-order valence-corrected chi connectivity index (χ0v) is 13.8. The van der Waals surface area contributed by atoms with Gasteiger partial charge in [-0.25, -0.2) is 0 Å². The topological polar surface area (TPSA) is 46.5 Å². The number of rotatable bonds is 7. The Bertz CT molecular complexity index is 487. The lowest BCUT2D eigenvalue weighted by atomic mass is 9.64. The van der Waals surface area contributed by atoms with Gasteiger partial charge in [0.1, 0.15) is 5.75 Å². The molecule has 3 heteroatoms. The Morgan fingerprint density at radius 2 is 1.95 bits per heavy atom. The summed E-state index contributed by atoms with van der Waals surface area (Å²) in [7, 11) is 1.72. The number of aliphatic carboxylic acids is 1. The molecule has 0 saturated heterocycles. The van der Waals surface area contributed by atoms with Crippen LogP contribution in [0.3, 0.4) is 0 Å². The molecule has 1 N–H and O–H groups in total. The highest BCUT2D eigenvalue weighted by Crippen LogP contribution is 2.48.